The number of anilines is 2. The maximum atomic E-state index is 13.9. The Bertz CT molecular complexity index is 1050. The second-order valence-corrected chi connectivity index (χ2v) is 7.57. The van der Waals surface area contributed by atoms with Gasteiger partial charge in [-0.1, -0.05) is 15.9 Å². The molecule has 0 saturated heterocycles. The van der Waals surface area contributed by atoms with Crippen LogP contribution in [0.2, 0.25) is 0 Å². The minimum absolute atomic E-state index is 0.0558. The number of hydrogen-bond donors (Lipinski definition) is 2. The monoisotopic (exact) mass is 466 g/mol. The Morgan fingerprint density at radius 3 is 2.64 bits per heavy atom. The van der Waals surface area contributed by atoms with E-state index < -0.39 is 17.8 Å². The summed E-state index contributed by atoms with van der Waals surface area (Å²) >= 11 is 4.41. The van der Waals surface area contributed by atoms with Crippen molar-refractivity contribution in [2.24, 2.45) is 0 Å². The number of halogens is 2. The molecule has 0 aliphatic carbocycles. The van der Waals surface area contributed by atoms with Crippen LogP contribution in [0.15, 0.2) is 40.9 Å². The van der Waals surface area contributed by atoms with Gasteiger partial charge in [0.15, 0.2) is 10.6 Å². The fourth-order valence-electron chi connectivity index (χ4n) is 2.54. The zero-order valence-electron chi connectivity index (χ0n) is 15.0. The summed E-state index contributed by atoms with van der Waals surface area (Å²) in [5.74, 6) is -0.626. The van der Waals surface area contributed by atoms with Crippen LogP contribution in [-0.4, -0.2) is 25.7 Å². The van der Waals surface area contributed by atoms with Crippen molar-refractivity contribution < 1.29 is 23.5 Å². The lowest BCUT2D eigenvalue weighted by atomic mass is 10.2. The van der Waals surface area contributed by atoms with Gasteiger partial charge in [0.1, 0.15) is 5.82 Å². The molecule has 0 aliphatic heterocycles. The summed E-state index contributed by atoms with van der Waals surface area (Å²) in [7, 11) is 1.31. The lowest BCUT2D eigenvalue weighted by molar-refractivity contribution is 0.0602. The van der Waals surface area contributed by atoms with Crippen molar-refractivity contribution in [3.05, 3.63) is 51.6 Å². The number of ether oxygens (including phenoxy) is 2. The number of urea groups is 1. The molecule has 2 N–H and O–H groups in total. The molecule has 2 amide bonds. The molecular formula is C19H16BrFN2O4S. The first-order valence-corrected chi connectivity index (χ1v) is 9.84. The van der Waals surface area contributed by atoms with Gasteiger partial charge < -0.3 is 20.1 Å². The molecule has 146 valence electrons. The van der Waals surface area contributed by atoms with Crippen LogP contribution < -0.4 is 15.4 Å². The zero-order valence-corrected chi connectivity index (χ0v) is 17.4. The Morgan fingerprint density at radius 2 is 1.96 bits per heavy atom. The van der Waals surface area contributed by atoms with Gasteiger partial charge >= 0.3 is 12.0 Å². The average molecular weight is 467 g/mol. The number of methoxy groups -OCH3 is 1. The van der Waals surface area contributed by atoms with E-state index >= 15 is 0 Å². The van der Waals surface area contributed by atoms with E-state index in [9.17, 15) is 14.0 Å². The molecule has 2 aromatic carbocycles. The molecule has 0 unspecified atom stereocenters. The first kappa shape index (κ1) is 20.1. The number of carbonyl (C=O) groups excluding carboxylic acids is 2. The number of carbonyl (C=O) groups is 2. The van der Waals surface area contributed by atoms with Crippen LogP contribution in [0.25, 0.3) is 10.1 Å². The first-order valence-electron chi connectivity index (χ1n) is 8.23. The maximum Gasteiger partial charge on any atom is 0.351 e. The zero-order chi connectivity index (χ0) is 20.3. The van der Waals surface area contributed by atoms with Gasteiger partial charge in [0.25, 0.3) is 0 Å². The summed E-state index contributed by atoms with van der Waals surface area (Å²) in [6.07, 6.45) is 0. The lowest BCUT2D eigenvalue weighted by Crippen LogP contribution is -2.20. The van der Waals surface area contributed by atoms with E-state index in [0.29, 0.717) is 32.8 Å². The maximum absolute atomic E-state index is 13.9. The Labute approximate surface area is 172 Å². The van der Waals surface area contributed by atoms with E-state index in [1.807, 2.05) is 6.92 Å². The molecule has 1 aromatic heterocycles. The number of esters is 1. The molecule has 0 radical (unpaired) electrons. The van der Waals surface area contributed by atoms with Crippen LogP contribution in [-0.2, 0) is 4.74 Å². The molecule has 6 nitrogen and oxygen atoms in total. The van der Waals surface area contributed by atoms with Crippen molar-refractivity contribution in [1.82, 2.24) is 0 Å². The second kappa shape index (κ2) is 8.57. The van der Waals surface area contributed by atoms with E-state index in [4.69, 9.17) is 9.47 Å². The van der Waals surface area contributed by atoms with Crippen LogP contribution in [0.4, 0.5) is 20.6 Å². The van der Waals surface area contributed by atoms with Gasteiger partial charge in [-0.25, -0.2) is 14.0 Å². The van der Waals surface area contributed by atoms with Crippen molar-refractivity contribution in [3.8, 4) is 5.75 Å². The summed E-state index contributed by atoms with van der Waals surface area (Å²) in [5, 5.41) is 5.79. The van der Waals surface area contributed by atoms with E-state index in [2.05, 4.69) is 26.6 Å². The van der Waals surface area contributed by atoms with E-state index in [1.165, 1.54) is 30.6 Å². The van der Waals surface area contributed by atoms with Gasteiger partial charge in [-0.05, 0) is 43.3 Å². The van der Waals surface area contributed by atoms with Crippen molar-refractivity contribution in [2.75, 3.05) is 24.4 Å². The lowest BCUT2D eigenvalue weighted by Gasteiger charge is -2.09. The molecule has 0 bridgehead atoms. The summed E-state index contributed by atoms with van der Waals surface area (Å²) in [5.41, 5.74) is 0.526. The molecule has 0 fully saturated rings. The number of amides is 2. The first-order chi connectivity index (χ1) is 13.4. The Kier molecular flexibility index (Phi) is 6.15. The van der Waals surface area contributed by atoms with Crippen molar-refractivity contribution in [1.29, 1.82) is 0 Å². The topological polar surface area (TPSA) is 76.7 Å². The van der Waals surface area contributed by atoms with Gasteiger partial charge in [-0.3, -0.25) is 0 Å². The molecule has 0 saturated carbocycles. The SMILES string of the molecule is CCOc1c(C(=O)OC)sc2ccc(NC(=O)Nc3ccc(Br)cc3F)cc12. The van der Waals surface area contributed by atoms with Crippen LogP contribution in [0.5, 0.6) is 5.75 Å². The molecule has 1 heterocycles. The average Bonchev–Trinajstić information content (AvgIpc) is 3.02. The van der Waals surface area contributed by atoms with Crippen LogP contribution in [0, 0.1) is 5.82 Å². The molecular weight excluding hydrogens is 451 g/mol. The van der Waals surface area contributed by atoms with Crippen molar-refractivity contribution in [2.45, 2.75) is 6.92 Å². The fourth-order valence-corrected chi connectivity index (χ4v) is 3.92. The smallest absolute Gasteiger partial charge is 0.351 e. The molecule has 0 spiro atoms. The third kappa shape index (κ3) is 4.26. The highest BCUT2D eigenvalue weighted by Crippen LogP contribution is 2.39. The quantitative estimate of drug-likeness (QED) is 0.477. The Morgan fingerprint density at radius 1 is 1.18 bits per heavy atom. The van der Waals surface area contributed by atoms with Gasteiger partial charge in [0.2, 0.25) is 0 Å². The third-order valence-electron chi connectivity index (χ3n) is 3.74. The number of rotatable bonds is 5. The normalized spacial score (nSPS) is 10.6. The summed E-state index contributed by atoms with van der Waals surface area (Å²) in [6, 6.07) is 8.89. The molecule has 0 atom stereocenters. The minimum atomic E-state index is -0.595. The van der Waals surface area contributed by atoms with E-state index in [1.54, 1.807) is 24.3 Å². The van der Waals surface area contributed by atoms with Gasteiger partial charge in [0, 0.05) is 20.2 Å². The minimum Gasteiger partial charge on any atom is -0.491 e. The molecule has 9 heteroatoms. The number of hydrogen-bond acceptors (Lipinski definition) is 5. The third-order valence-corrected chi connectivity index (χ3v) is 5.36. The predicted octanol–water partition coefficient (Wildman–Crippen LogP) is 5.63. The standard InChI is InChI=1S/C19H16BrFN2O4S/c1-3-27-16-12-9-11(5-7-15(12)28-17(16)18(24)26-2)22-19(25)23-14-6-4-10(20)8-13(14)21/h4-9H,3H2,1-2H3,(H2,22,23,25). The predicted molar refractivity (Wildman–Crippen MR) is 111 cm³/mol. The van der Waals surface area contributed by atoms with E-state index in [0.717, 1.165) is 4.70 Å². The number of nitrogens with one attached hydrogen (secondary N) is 2. The molecule has 28 heavy (non-hydrogen) atoms. The Balaban J connectivity index is 1.86. The molecule has 0 aliphatic rings. The number of benzene rings is 2. The van der Waals surface area contributed by atoms with Gasteiger partial charge in [0.05, 0.1) is 19.4 Å². The fraction of sp³-hybridized carbons (Fsp3) is 0.158. The molecule has 3 rings (SSSR count). The van der Waals surface area contributed by atoms with Crippen molar-refractivity contribution >= 4 is 60.7 Å². The molecule has 3 aromatic rings. The summed E-state index contributed by atoms with van der Waals surface area (Å²) < 4.78 is 25.7. The van der Waals surface area contributed by atoms with Gasteiger partial charge in [-0.15, -0.1) is 11.3 Å². The number of thiophene rings is 1. The highest BCUT2D eigenvalue weighted by atomic mass is 79.9. The largest absolute Gasteiger partial charge is 0.491 e. The van der Waals surface area contributed by atoms with Gasteiger partial charge in [-0.2, -0.15) is 0 Å². The summed E-state index contributed by atoms with van der Waals surface area (Å²) in [6.45, 7) is 2.18. The highest BCUT2D eigenvalue weighted by Gasteiger charge is 2.21. The summed E-state index contributed by atoms with van der Waals surface area (Å²) in [4.78, 5) is 24.6. The van der Waals surface area contributed by atoms with Crippen molar-refractivity contribution in [3.63, 3.8) is 0 Å². The highest BCUT2D eigenvalue weighted by molar-refractivity contribution is 9.10. The van der Waals surface area contributed by atoms with Crippen LogP contribution >= 0.6 is 27.3 Å². The Hall–Kier alpha value is -2.65. The van der Waals surface area contributed by atoms with Crippen LogP contribution in [0.1, 0.15) is 16.6 Å². The van der Waals surface area contributed by atoms with Crippen LogP contribution in [0.3, 0.4) is 0 Å². The van der Waals surface area contributed by atoms with E-state index in [-0.39, 0.29) is 5.69 Å². The number of fused-ring (bicyclic) bond motifs is 1. The second-order valence-electron chi connectivity index (χ2n) is 5.60.